The number of rotatable bonds is 6. The first-order chi connectivity index (χ1) is 15.5. The third-order valence-corrected chi connectivity index (χ3v) is 6.33. The maximum absolute atomic E-state index is 12.5. The van der Waals surface area contributed by atoms with Crippen LogP contribution in [0.5, 0.6) is 5.75 Å². The summed E-state index contributed by atoms with van der Waals surface area (Å²) in [6.07, 6.45) is 3.10. The summed E-state index contributed by atoms with van der Waals surface area (Å²) in [5, 5.41) is 12.8. The molecule has 0 bridgehead atoms. The van der Waals surface area contributed by atoms with Gasteiger partial charge in [0, 0.05) is 43.6 Å². The molecule has 1 aromatic carbocycles. The summed E-state index contributed by atoms with van der Waals surface area (Å²) < 4.78 is 5.21. The fraction of sp³-hybridized carbons (Fsp3) is 0.480. The zero-order chi connectivity index (χ0) is 22.7. The van der Waals surface area contributed by atoms with E-state index < -0.39 is 0 Å². The fourth-order valence-corrected chi connectivity index (χ4v) is 4.72. The number of pyridine rings is 1. The van der Waals surface area contributed by atoms with Crippen LogP contribution in [0.1, 0.15) is 48.6 Å². The number of hydrogen-bond acceptors (Lipinski definition) is 6. The lowest BCUT2D eigenvalue weighted by Gasteiger charge is -2.36. The number of aromatic nitrogens is 1. The average Bonchev–Trinajstić information content (AvgIpc) is 3.28. The van der Waals surface area contributed by atoms with Gasteiger partial charge in [0.15, 0.2) is 0 Å². The largest absolute Gasteiger partial charge is 0.497 e. The summed E-state index contributed by atoms with van der Waals surface area (Å²) in [6, 6.07) is 9.82. The Morgan fingerprint density at radius 3 is 2.66 bits per heavy atom. The molecule has 1 fully saturated rings. The van der Waals surface area contributed by atoms with Gasteiger partial charge in [-0.3, -0.25) is 9.69 Å². The fourth-order valence-electron chi connectivity index (χ4n) is 4.72. The molecular formula is C25H31N5O2. The van der Waals surface area contributed by atoms with Gasteiger partial charge in [-0.05, 0) is 48.4 Å². The van der Waals surface area contributed by atoms with Gasteiger partial charge < -0.3 is 15.0 Å². The summed E-state index contributed by atoms with van der Waals surface area (Å²) in [6.45, 7) is 7.71. The molecule has 1 aliphatic heterocycles. The highest BCUT2D eigenvalue weighted by molar-refractivity contribution is 5.92. The molecule has 1 aromatic heterocycles. The number of carbonyl (C=O) groups excluding carboxylic acids is 1. The molecule has 0 radical (unpaired) electrons. The molecule has 32 heavy (non-hydrogen) atoms. The number of amides is 1. The van der Waals surface area contributed by atoms with E-state index in [1.807, 2.05) is 24.3 Å². The number of piperazine rings is 1. The lowest BCUT2D eigenvalue weighted by molar-refractivity contribution is -0.117. The smallest absolute Gasteiger partial charge is 0.238 e. The summed E-state index contributed by atoms with van der Waals surface area (Å²) in [7, 11) is 1.61. The van der Waals surface area contributed by atoms with Crippen molar-refractivity contribution in [3.8, 4) is 11.8 Å². The maximum Gasteiger partial charge on any atom is 0.238 e. The first-order valence-electron chi connectivity index (χ1n) is 11.4. The molecule has 1 aliphatic carbocycles. The van der Waals surface area contributed by atoms with Crippen LogP contribution in [0.4, 0.5) is 11.5 Å². The van der Waals surface area contributed by atoms with Crippen LogP contribution in [0.25, 0.3) is 0 Å². The van der Waals surface area contributed by atoms with E-state index in [0.29, 0.717) is 18.2 Å². The Labute approximate surface area is 190 Å². The summed E-state index contributed by atoms with van der Waals surface area (Å²) >= 11 is 0. The average molecular weight is 434 g/mol. The van der Waals surface area contributed by atoms with Gasteiger partial charge >= 0.3 is 0 Å². The number of carbonyl (C=O) groups is 1. The molecule has 0 saturated carbocycles. The van der Waals surface area contributed by atoms with Gasteiger partial charge in [0.25, 0.3) is 0 Å². The zero-order valence-corrected chi connectivity index (χ0v) is 19.1. The number of fused-ring (bicyclic) bond motifs is 1. The Hall–Kier alpha value is -3.11. The summed E-state index contributed by atoms with van der Waals surface area (Å²) in [4.78, 5) is 21.9. The SMILES string of the molecule is COc1cccc(NC(=O)CN2CCN(c3nc(C(C)C)c4c(c3C#N)CCC4)CC2)c1. The highest BCUT2D eigenvalue weighted by atomic mass is 16.5. The van der Waals surface area contributed by atoms with E-state index in [2.05, 4.69) is 35.0 Å². The molecule has 0 unspecified atom stereocenters. The van der Waals surface area contributed by atoms with Crippen molar-refractivity contribution < 1.29 is 9.53 Å². The first kappa shape index (κ1) is 22.1. The quantitative estimate of drug-likeness (QED) is 0.753. The highest BCUT2D eigenvalue weighted by Crippen LogP contribution is 2.35. The second kappa shape index (κ2) is 9.58. The van der Waals surface area contributed by atoms with Crippen molar-refractivity contribution in [2.24, 2.45) is 0 Å². The van der Waals surface area contributed by atoms with E-state index in [-0.39, 0.29) is 5.91 Å². The molecule has 0 spiro atoms. The number of nitrogens with zero attached hydrogens (tertiary/aromatic N) is 4. The minimum Gasteiger partial charge on any atom is -0.497 e. The molecular weight excluding hydrogens is 402 g/mol. The van der Waals surface area contributed by atoms with Crippen molar-refractivity contribution in [1.82, 2.24) is 9.88 Å². The number of anilines is 2. The Balaban J connectivity index is 1.41. The van der Waals surface area contributed by atoms with Crippen LogP contribution in [-0.4, -0.2) is 55.6 Å². The Morgan fingerprint density at radius 2 is 1.97 bits per heavy atom. The Bertz CT molecular complexity index is 1040. The maximum atomic E-state index is 12.5. The predicted octanol–water partition coefficient (Wildman–Crippen LogP) is 3.33. The van der Waals surface area contributed by atoms with E-state index in [1.54, 1.807) is 7.11 Å². The standard InChI is InChI=1S/C25H31N5O2/c1-17(2)24-21-9-5-8-20(21)22(15-26)25(28-24)30-12-10-29(11-13-30)16-23(31)27-18-6-4-7-19(14-18)32-3/h4,6-7,14,17H,5,8-13,16H2,1-3H3,(H,27,31). The lowest BCUT2D eigenvalue weighted by atomic mass is 9.97. The molecule has 1 amide bonds. The first-order valence-corrected chi connectivity index (χ1v) is 11.4. The minimum absolute atomic E-state index is 0.0397. The number of ether oxygens (including phenoxy) is 1. The van der Waals surface area contributed by atoms with Crippen molar-refractivity contribution in [2.75, 3.05) is 50.1 Å². The van der Waals surface area contributed by atoms with Gasteiger partial charge in [-0.25, -0.2) is 4.98 Å². The molecule has 2 aliphatic rings. The number of methoxy groups -OCH3 is 1. The summed E-state index contributed by atoms with van der Waals surface area (Å²) in [5.41, 5.74) is 5.14. The molecule has 1 saturated heterocycles. The number of nitriles is 1. The minimum atomic E-state index is -0.0397. The Kier molecular flexibility index (Phi) is 6.61. The molecule has 2 heterocycles. The van der Waals surface area contributed by atoms with Crippen molar-refractivity contribution in [3.05, 3.63) is 46.6 Å². The van der Waals surface area contributed by atoms with Gasteiger partial charge in [-0.15, -0.1) is 0 Å². The molecule has 0 atom stereocenters. The van der Waals surface area contributed by atoms with Crippen LogP contribution in [0, 0.1) is 11.3 Å². The number of nitrogens with one attached hydrogen (secondary N) is 1. The van der Waals surface area contributed by atoms with Crippen molar-refractivity contribution in [3.63, 3.8) is 0 Å². The van der Waals surface area contributed by atoms with E-state index >= 15 is 0 Å². The second-order valence-electron chi connectivity index (χ2n) is 8.82. The molecule has 2 aromatic rings. The number of benzene rings is 1. The molecule has 7 nitrogen and oxygen atoms in total. The van der Waals surface area contributed by atoms with Gasteiger partial charge in [-0.2, -0.15) is 5.26 Å². The van der Waals surface area contributed by atoms with Crippen molar-refractivity contribution in [2.45, 2.75) is 39.0 Å². The van der Waals surface area contributed by atoms with E-state index in [1.165, 1.54) is 11.1 Å². The van der Waals surface area contributed by atoms with Gasteiger partial charge in [0.2, 0.25) is 5.91 Å². The molecule has 7 heteroatoms. The zero-order valence-electron chi connectivity index (χ0n) is 19.1. The highest BCUT2D eigenvalue weighted by Gasteiger charge is 2.28. The van der Waals surface area contributed by atoms with Gasteiger partial charge in [0.05, 0.1) is 19.2 Å². The van der Waals surface area contributed by atoms with E-state index in [4.69, 9.17) is 9.72 Å². The predicted molar refractivity (Wildman–Crippen MR) is 125 cm³/mol. The van der Waals surface area contributed by atoms with Crippen LogP contribution in [0.2, 0.25) is 0 Å². The van der Waals surface area contributed by atoms with Crippen LogP contribution >= 0.6 is 0 Å². The number of hydrogen-bond donors (Lipinski definition) is 1. The van der Waals surface area contributed by atoms with E-state index in [0.717, 1.165) is 68.2 Å². The molecule has 168 valence electrons. The molecule has 4 rings (SSSR count). The van der Waals surface area contributed by atoms with Crippen LogP contribution in [0.3, 0.4) is 0 Å². The summed E-state index contributed by atoms with van der Waals surface area (Å²) in [5.74, 6) is 1.85. The monoisotopic (exact) mass is 433 g/mol. The van der Waals surface area contributed by atoms with Crippen LogP contribution in [0.15, 0.2) is 24.3 Å². The molecule has 1 N–H and O–H groups in total. The normalized spacial score (nSPS) is 16.0. The van der Waals surface area contributed by atoms with Crippen LogP contribution in [-0.2, 0) is 17.6 Å². The Morgan fingerprint density at radius 1 is 1.22 bits per heavy atom. The van der Waals surface area contributed by atoms with Crippen molar-refractivity contribution in [1.29, 1.82) is 5.26 Å². The van der Waals surface area contributed by atoms with E-state index in [9.17, 15) is 10.1 Å². The van der Waals surface area contributed by atoms with Gasteiger partial charge in [0.1, 0.15) is 17.6 Å². The van der Waals surface area contributed by atoms with Gasteiger partial charge in [-0.1, -0.05) is 19.9 Å². The topological polar surface area (TPSA) is 81.5 Å². The lowest BCUT2D eigenvalue weighted by Crippen LogP contribution is -2.49. The third-order valence-electron chi connectivity index (χ3n) is 6.33. The second-order valence-corrected chi connectivity index (χ2v) is 8.82. The third kappa shape index (κ3) is 4.56. The van der Waals surface area contributed by atoms with Crippen LogP contribution < -0.4 is 15.0 Å². The van der Waals surface area contributed by atoms with Crippen molar-refractivity contribution >= 4 is 17.4 Å².